The van der Waals surface area contributed by atoms with Crippen molar-refractivity contribution in [3.63, 3.8) is 0 Å². The lowest BCUT2D eigenvalue weighted by atomic mass is 10.1. The predicted molar refractivity (Wildman–Crippen MR) is 109 cm³/mol. The lowest BCUT2D eigenvalue weighted by Gasteiger charge is -2.19. The third kappa shape index (κ3) is 3.31. The zero-order valence-corrected chi connectivity index (χ0v) is 16.2. The Kier molecular flexibility index (Phi) is 4.64. The maximum atomic E-state index is 12.7. The number of likely N-dealkylation sites (tertiary alicyclic amines) is 1. The average Bonchev–Trinajstić information content (AvgIpc) is 3.10. The number of nitrogens with zero attached hydrogens (tertiary/aromatic N) is 2. The van der Waals surface area contributed by atoms with Crippen LogP contribution in [-0.2, 0) is 0 Å². The van der Waals surface area contributed by atoms with Gasteiger partial charge in [0.25, 0.3) is 5.91 Å². The average molecular weight is 410 g/mol. The molecular formula is C21H20BrN3O. The molecule has 5 heteroatoms. The highest BCUT2D eigenvalue weighted by Crippen LogP contribution is 2.28. The SMILES string of the molecule is Cc1cncc2cccc(NC3CCN(C(=O)c4cccc(Br)c4)C3)c12. The smallest absolute Gasteiger partial charge is 0.253 e. The highest BCUT2D eigenvalue weighted by atomic mass is 79.9. The number of nitrogens with one attached hydrogen (secondary N) is 1. The van der Waals surface area contributed by atoms with E-state index in [2.05, 4.69) is 45.3 Å². The van der Waals surface area contributed by atoms with Gasteiger partial charge in [0.05, 0.1) is 0 Å². The Morgan fingerprint density at radius 2 is 2.08 bits per heavy atom. The Bertz CT molecular complexity index is 967. The summed E-state index contributed by atoms with van der Waals surface area (Å²) in [4.78, 5) is 18.9. The van der Waals surface area contributed by atoms with Gasteiger partial charge in [-0.15, -0.1) is 0 Å². The van der Waals surface area contributed by atoms with Gasteiger partial charge in [0.15, 0.2) is 0 Å². The first kappa shape index (κ1) is 17.0. The molecule has 26 heavy (non-hydrogen) atoms. The summed E-state index contributed by atoms with van der Waals surface area (Å²) >= 11 is 3.44. The summed E-state index contributed by atoms with van der Waals surface area (Å²) in [5.74, 6) is 0.0916. The summed E-state index contributed by atoms with van der Waals surface area (Å²) in [6, 6.07) is 14.1. The van der Waals surface area contributed by atoms with E-state index in [0.29, 0.717) is 6.54 Å². The first-order valence-corrected chi connectivity index (χ1v) is 9.56. The number of carbonyl (C=O) groups excluding carboxylic acids is 1. The molecule has 1 unspecified atom stereocenters. The highest BCUT2D eigenvalue weighted by molar-refractivity contribution is 9.10. The van der Waals surface area contributed by atoms with Crippen LogP contribution in [0, 0.1) is 6.92 Å². The molecule has 0 saturated carbocycles. The van der Waals surface area contributed by atoms with Gasteiger partial charge in [-0.1, -0.05) is 34.1 Å². The van der Waals surface area contributed by atoms with Crippen LogP contribution in [0.15, 0.2) is 59.3 Å². The zero-order valence-electron chi connectivity index (χ0n) is 14.6. The number of fused-ring (bicyclic) bond motifs is 1. The molecule has 1 saturated heterocycles. The van der Waals surface area contributed by atoms with Crippen LogP contribution in [0.2, 0.25) is 0 Å². The van der Waals surface area contributed by atoms with Gasteiger partial charge in [0.2, 0.25) is 0 Å². The molecule has 0 aliphatic carbocycles. The topological polar surface area (TPSA) is 45.2 Å². The molecule has 2 heterocycles. The van der Waals surface area contributed by atoms with Crippen LogP contribution in [0.5, 0.6) is 0 Å². The minimum atomic E-state index is 0.0916. The van der Waals surface area contributed by atoms with E-state index in [0.717, 1.165) is 39.6 Å². The number of halogens is 1. The standard InChI is InChI=1S/C21H20BrN3O/c1-14-11-23-12-16-5-3-7-19(20(14)16)24-18-8-9-25(13-18)21(26)15-4-2-6-17(22)10-15/h2-7,10-12,18,24H,8-9,13H2,1H3. The van der Waals surface area contributed by atoms with Crippen LogP contribution < -0.4 is 5.32 Å². The lowest BCUT2D eigenvalue weighted by molar-refractivity contribution is 0.0791. The summed E-state index contributed by atoms with van der Waals surface area (Å²) in [7, 11) is 0. The van der Waals surface area contributed by atoms with Gasteiger partial charge in [-0.25, -0.2) is 0 Å². The Balaban J connectivity index is 1.51. The lowest BCUT2D eigenvalue weighted by Crippen LogP contribution is -2.31. The third-order valence-electron chi connectivity index (χ3n) is 4.88. The molecule has 0 radical (unpaired) electrons. The quantitative estimate of drug-likeness (QED) is 0.685. The van der Waals surface area contributed by atoms with E-state index >= 15 is 0 Å². The third-order valence-corrected chi connectivity index (χ3v) is 5.37. The van der Waals surface area contributed by atoms with Gasteiger partial charge in [-0.2, -0.15) is 0 Å². The van der Waals surface area contributed by atoms with Crippen molar-refractivity contribution < 1.29 is 4.79 Å². The van der Waals surface area contributed by atoms with Crippen molar-refractivity contribution in [1.29, 1.82) is 0 Å². The fraction of sp³-hybridized carbons (Fsp3) is 0.238. The summed E-state index contributed by atoms with van der Waals surface area (Å²) in [6.45, 7) is 3.57. The molecule has 0 bridgehead atoms. The van der Waals surface area contributed by atoms with Gasteiger partial charge in [-0.3, -0.25) is 9.78 Å². The molecule has 1 aliphatic heterocycles. The molecular weight excluding hydrogens is 390 g/mol. The number of carbonyl (C=O) groups is 1. The molecule has 1 fully saturated rings. The molecule has 0 spiro atoms. The van der Waals surface area contributed by atoms with Crippen molar-refractivity contribution >= 4 is 38.3 Å². The largest absolute Gasteiger partial charge is 0.380 e. The normalized spacial score (nSPS) is 16.8. The van der Waals surface area contributed by atoms with Gasteiger partial charge >= 0.3 is 0 Å². The molecule has 1 aliphatic rings. The second-order valence-electron chi connectivity index (χ2n) is 6.75. The van der Waals surface area contributed by atoms with Crippen molar-refractivity contribution in [2.45, 2.75) is 19.4 Å². The summed E-state index contributed by atoms with van der Waals surface area (Å²) in [5.41, 5.74) is 3.00. The van der Waals surface area contributed by atoms with E-state index in [9.17, 15) is 4.79 Å². The van der Waals surface area contributed by atoms with E-state index < -0.39 is 0 Å². The van der Waals surface area contributed by atoms with Crippen molar-refractivity contribution in [3.8, 4) is 0 Å². The van der Waals surface area contributed by atoms with E-state index in [4.69, 9.17) is 0 Å². The molecule has 132 valence electrons. The van der Waals surface area contributed by atoms with Gasteiger partial charge in [0.1, 0.15) is 0 Å². The maximum Gasteiger partial charge on any atom is 0.253 e. The number of aromatic nitrogens is 1. The number of pyridine rings is 1. The summed E-state index contributed by atoms with van der Waals surface area (Å²) < 4.78 is 0.928. The van der Waals surface area contributed by atoms with Crippen LogP contribution >= 0.6 is 15.9 Å². The second kappa shape index (κ2) is 7.08. The van der Waals surface area contributed by atoms with Crippen molar-refractivity contribution in [1.82, 2.24) is 9.88 Å². The van der Waals surface area contributed by atoms with Gasteiger partial charge < -0.3 is 10.2 Å². The Labute approximate surface area is 161 Å². The second-order valence-corrected chi connectivity index (χ2v) is 7.67. The molecule has 1 amide bonds. The van der Waals surface area contributed by atoms with Gasteiger partial charge in [0, 0.05) is 58.0 Å². The van der Waals surface area contributed by atoms with Crippen LogP contribution in [0.25, 0.3) is 10.8 Å². The minimum absolute atomic E-state index is 0.0916. The fourth-order valence-corrected chi connectivity index (χ4v) is 4.02. The number of anilines is 1. The van der Waals surface area contributed by atoms with Crippen molar-refractivity contribution in [3.05, 3.63) is 70.5 Å². The van der Waals surface area contributed by atoms with Crippen molar-refractivity contribution in [2.75, 3.05) is 18.4 Å². The number of hydrogen-bond acceptors (Lipinski definition) is 3. The maximum absolute atomic E-state index is 12.7. The number of rotatable bonds is 3. The fourth-order valence-electron chi connectivity index (χ4n) is 3.62. The van der Waals surface area contributed by atoms with Gasteiger partial charge in [-0.05, 0) is 43.2 Å². The Hall–Kier alpha value is -2.40. The first-order chi connectivity index (χ1) is 12.6. The molecule has 1 atom stereocenters. The molecule has 2 aromatic carbocycles. The monoisotopic (exact) mass is 409 g/mol. The van der Waals surface area contributed by atoms with E-state index in [1.807, 2.05) is 47.6 Å². The molecule has 1 N–H and O–H groups in total. The molecule has 1 aromatic heterocycles. The van der Waals surface area contributed by atoms with Crippen LogP contribution in [0.4, 0.5) is 5.69 Å². The Morgan fingerprint density at radius 3 is 2.92 bits per heavy atom. The number of amides is 1. The van der Waals surface area contributed by atoms with Crippen molar-refractivity contribution in [2.24, 2.45) is 0 Å². The molecule has 4 nitrogen and oxygen atoms in total. The predicted octanol–water partition coefficient (Wildman–Crippen LogP) is 4.63. The molecule has 3 aromatic rings. The number of aryl methyl sites for hydroxylation is 1. The van der Waals surface area contributed by atoms with Crippen LogP contribution in [0.1, 0.15) is 22.3 Å². The van der Waals surface area contributed by atoms with Crippen LogP contribution in [0.3, 0.4) is 0 Å². The van der Waals surface area contributed by atoms with E-state index in [-0.39, 0.29) is 11.9 Å². The van der Waals surface area contributed by atoms with E-state index in [1.54, 1.807) is 0 Å². The Morgan fingerprint density at radius 1 is 1.23 bits per heavy atom. The summed E-state index contributed by atoms with van der Waals surface area (Å²) in [6.07, 6.45) is 4.73. The first-order valence-electron chi connectivity index (χ1n) is 8.76. The number of benzene rings is 2. The minimum Gasteiger partial charge on any atom is -0.380 e. The van der Waals surface area contributed by atoms with E-state index in [1.165, 1.54) is 5.39 Å². The summed E-state index contributed by atoms with van der Waals surface area (Å²) in [5, 5.41) is 5.98. The number of hydrogen-bond donors (Lipinski definition) is 1. The molecule has 4 rings (SSSR count). The highest BCUT2D eigenvalue weighted by Gasteiger charge is 2.27. The van der Waals surface area contributed by atoms with Crippen LogP contribution in [-0.4, -0.2) is 34.9 Å². The zero-order chi connectivity index (χ0) is 18.1.